The Kier molecular flexibility index (Phi) is 1.92. The van der Waals surface area contributed by atoms with Crippen molar-refractivity contribution in [1.82, 2.24) is 10.2 Å². The summed E-state index contributed by atoms with van der Waals surface area (Å²) in [5.74, 6) is 0. The molecule has 1 rings (SSSR count). The van der Waals surface area contributed by atoms with Crippen LogP contribution in [0.4, 0.5) is 0 Å². The highest BCUT2D eigenvalue weighted by atomic mass is 32.1. The summed E-state index contributed by atoms with van der Waals surface area (Å²) in [5.41, 5.74) is 0. The van der Waals surface area contributed by atoms with E-state index in [0.29, 0.717) is 4.75 Å². The molecule has 0 spiro atoms. The standard InChI is InChI=1S/C5H9N2OPS/c1-4-6-7-5(10-4)9(2,3)8/h1-3H3. The van der Waals surface area contributed by atoms with E-state index in [9.17, 15) is 4.57 Å². The first kappa shape index (κ1) is 7.89. The van der Waals surface area contributed by atoms with Crippen molar-refractivity contribution in [3.05, 3.63) is 5.01 Å². The van der Waals surface area contributed by atoms with Crippen LogP contribution in [0.3, 0.4) is 0 Å². The first-order valence-corrected chi connectivity index (χ1v) is 6.27. The lowest BCUT2D eigenvalue weighted by atomic mass is 10.9. The minimum absolute atomic E-state index is 0.671. The maximum atomic E-state index is 11.3. The molecule has 0 aromatic carbocycles. The Morgan fingerprint density at radius 1 is 1.40 bits per heavy atom. The fourth-order valence-corrected chi connectivity index (χ4v) is 2.47. The average Bonchev–Trinajstić information content (AvgIpc) is 2.11. The molecule has 0 aliphatic heterocycles. The van der Waals surface area contributed by atoms with E-state index < -0.39 is 7.14 Å². The summed E-state index contributed by atoms with van der Waals surface area (Å²) in [6, 6.07) is 0. The number of hydrogen-bond acceptors (Lipinski definition) is 4. The molecule has 1 heterocycles. The van der Waals surface area contributed by atoms with Gasteiger partial charge in [0.15, 0.2) is 4.75 Å². The van der Waals surface area contributed by atoms with Crippen LogP contribution in [0.5, 0.6) is 0 Å². The van der Waals surface area contributed by atoms with Gasteiger partial charge in [-0.1, -0.05) is 11.3 Å². The lowest BCUT2D eigenvalue weighted by Crippen LogP contribution is -2.00. The van der Waals surface area contributed by atoms with E-state index in [-0.39, 0.29) is 0 Å². The number of aromatic nitrogens is 2. The van der Waals surface area contributed by atoms with Gasteiger partial charge in [0.2, 0.25) is 0 Å². The van der Waals surface area contributed by atoms with E-state index in [2.05, 4.69) is 10.2 Å². The third-order valence-corrected chi connectivity index (χ3v) is 4.22. The Morgan fingerprint density at radius 3 is 2.20 bits per heavy atom. The van der Waals surface area contributed by atoms with Crippen LogP contribution < -0.4 is 4.75 Å². The Labute approximate surface area is 63.9 Å². The van der Waals surface area contributed by atoms with Crippen molar-refractivity contribution < 1.29 is 4.57 Å². The monoisotopic (exact) mass is 176 g/mol. The van der Waals surface area contributed by atoms with Crippen LogP contribution in [0, 0.1) is 6.92 Å². The summed E-state index contributed by atoms with van der Waals surface area (Å²) in [4.78, 5) is 0. The quantitative estimate of drug-likeness (QED) is 0.601. The smallest absolute Gasteiger partial charge is 0.176 e. The first-order valence-electron chi connectivity index (χ1n) is 2.86. The van der Waals surface area contributed by atoms with Gasteiger partial charge in [-0.15, -0.1) is 10.2 Å². The zero-order valence-electron chi connectivity index (χ0n) is 6.16. The van der Waals surface area contributed by atoms with Crippen LogP contribution in [-0.2, 0) is 4.57 Å². The molecule has 0 bridgehead atoms. The minimum atomic E-state index is -2.15. The molecule has 0 fully saturated rings. The fraction of sp³-hybridized carbons (Fsp3) is 0.600. The molecule has 0 unspecified atom stereocenters. The predicted molar refractivity (Wildman–Crippen MR) is 43.7 cm³/mol. The zero-order valence-corrected chi connectivity index (χ0v) is 7.87. The maximum absolute atomic E-state index is 11.3. The molecular weight excluding hydrogens is 167 g/mol. The molecule has 5 heteroatoms. The lowest BCUT2D eigenvalue weighted by Gasteiger charge is -1.96. The summed E-state index contributed by atoms with van der Waals surface area (Å²) in [5, 5.41) is 8.45. The summed E-state index contributed by atoms with van der Waals surface area (Å²) in [7, 11) is -2.15. The molecule has 0 saturated heterocycles. The van der Waals surface area contributed by atoms with Crippen LogP contribution >= 0.6 is 18.5 Å². The maximum Gasteiger partial charge on any atom is 0.176 e. The Morgan fingerprint density at radius 2 is 2.00 bits per heavy atom. The average molecular weight is 176 g/mol. The summed E-state index contributed by atoms with van der Waals surface area (Å²) >= 11 is 1.41. The van der Waals surface area contributed by atoms with Gasteiger partial charge in [-0.2, -0.15) is 0 Å². The number of hydrogen-bond donors (Lipinski definition) is 0. The number of nitrogens with zero attached hydrogens (tertiary/aromatic N) is 2. The van der Waals surface area contributed by atoms with Gasteiger partial charge in [0.1, 0.15) is 12.1 Å². The summed E-state index contributed by atoms with van der Waals surface area (Å²) < 4.78 is 12.0. The van der Waals surface area contributed by atoms with Crippen LogP contribution in [0.25, 0.3) is 0 Å². The topological polar surface area (TPSA) is 42.9 Å². The van der Waals surface area contributed by atoms with Gasteiger partial charge in [-0.25, -0.2) is 0 Å². The highest BCUT2D eigenvalue weighted by Crippen LogP contribution is 2.35. The molecule has 0 N–H and O–H groups in total. The van der Waals surface area contributed by atoms with Gasteiger partial charge in [-0.3, -0.25) is 0 Å². The van der Waals surface area contributed by atoms with E-state index in [0.717, 1.165) is 5.01 Å². The van der Waals surface area contributed by atoms with Crippen molar-refractivity contribution in [1.29, 1.82) is 0 Å². The highest BCUT2D eigenvalue weighted by molar-refractivity contribution is 7.75. The van der Waals surface area contributed by atoms with Gasteiger partial charge in [-0.05, 0) is 20.3 Å². The number of aryl methyl sites for hydroxylation is 1. The molecule has 3 nitrogen and oxygen atoms in total. The van der Waals surface area contributed by atoms with Crippen LogP contribution in [0.1, 0.15) is 5.01 Å². The molecule has 10 heavy (non-hydrogen) atoms. The fourth-order valence-electron chi connectivity index (χ4n) is 0.504. The van der Waals surface area contributed by atoms with Crippen molar-refractivity contribution >= 4 is 23.2 Å². The summed E-state index contributed by atoms with van der Waals surface area (Å²) in [6.07, 6.45) is 0. The molecule has 0 atom stereocenters. The molecule has 0 radical (unpaired) electrons. The molecule has 0 amide bonds. The van der Waals surface area contributed by atoms with Gasteiger partial charge < -0.3 is 4.57 Å². The molecule has 56 valence electrons. The molecular formula is C5H9N2OPS. The molecule has 0 saturated carbocycles. The van der Waals surface area contributed by atoms with E-state index >= 15 is 0 Å². The Hall–Kier alpha value is -0.210. The second-order valence-electron chi connectivity index (χ2n) is 2.45. The lowest BCUT2D eigenvalue weighted by molar-refractivity contribution is 0.588. The van der Waals surface area contributed by atoms with Gasteiger partial charge in [0.25, 0.3) is 0 Å². The van der Waals surface area contributed by atoms with Crippen molar-refractivity contribution in [2.75, 3.05) is 13.3 Å². The molecule has 1 aromatic rings. The Bertz CT molecular complexity index is 277. The highest BCUT2D eigenvalue weighted by Gasteiger charge is 2.15. The van der Waals surface area contributed by atoms with Crippen molar-refractivity contribution in [2.45, 2.75) is 6.92 Å². The Balaban J connectivity index is 3.08. The molecule has 0 aliphatic carbocycles. The van der Waals surface area contributed by atoms with E-state index in [1.165, 1.54) is 11.3 Å². The van der Waals surface area contributed by atoms with E-state index in [4.69, 9.17) is 0 Å². The van der Waals surface area contributed by atoms with Crippen molar-refractivity contribution in [2.24, 2.45) is 0 Å². The van der Waals surface area contributed by atoms with Crippen LogP contribution in [0.2, 0.25) is 0 Å². The van der Waals surface area contributed by atoms with E-state index in [1.807, 2.05) is 6.92 Å². The third kappa shape index (κ3) is 1.64. The minimum Gasteiger partial charge on any atom is -0.317 e. The van der Waals surface area contributed by atoms with Crippen LogP contribution in [-0.4, -0.2) is 23.5 Å². The normalized spacial score (nSPS) is 11.9. The van der Waals surface area contributed by atoms with Crippen molar-refractivity contribution in [3.8, 4) is 0 Å². The molecule has 0 aliphatic rings. The summed E-state index contributed by atoms with van der Waals surface area (Å²) in [6.45, 7) is 5.26. The van der Waals surface area contributed by atoms with E-state index in [1.54, 1.807) is 13.3 Å². The van der Waals surface area contributed by atoms with Gasteiger partial charge in [0, 0.05) is 0 Å². The number of rotatable bonds is 1. The second kappa shape index (κ2) is 2.44. The van der Waals surface area contributed by atoms with Gasteiger partial charge in [0.05, 0.1) is 0 Å². The largest absolute Gasteiger partial charge is 0.317 e. The third-order valence-electron chi connectivity index (χ3n) is 0.976. The van der Waals surface area contributed by atoms with Crippen molar-refractivity contribution in [3.63, 3.8) is 0 Å². The second-order valence-corrected chi connectivity index (χ2v) is 7.06. The van der Waals surface area contributed by atoms with Crippen LogP contribution in [0.15, 0.2) is 0 Å². The predicted octanol–water partition coefficient (Wildman–Crippen LogP) is 1.09. The molecule has 1 aromatic heterocycles. The zero-order chi connectivity index (χ0) is 7.78. The SMILES string of the molecule is Cc1nnc(P(C)(C)=O)s1. The van der Waals surface area contributed by atoms with Gasteiger partial charge >= 0.3 is 0 Å². The first-order chi connectivity index (χ1) is 4.50.